The summed E-state index contributed by atoms with van der Waals surface area (Å²) in [5.41, 5.74) is 0. The summed E-state index contributed by atoms with van der Waals surface area (Å²) in [6.07, 6.45) is 1.08. The van der Waals surface area contributed by atoms with E-state index in [1.54, 1.807) is 0 Å². The van der Waals surface area contributed by atoms with E-state index in [4.69, 9.17) is 0 Å². The maximum atomic E-state index is 10.8. The fourth-order valence-electron chi connectivity index (χ4n) is 0.683. The van der Waals surface area contributed by atoms with Crippen LogP contribution in [0.1, 0.15) is 20.3 Å². The number of Topliss-reactive ketones (excluding diaryl/α,β-unsaturated/α-hetero) is 1. The van der Waals surface area contributed by atoms with Crippen LogP contribution in [0.25, 0.3) is 0 Å². The molecular weight excluding hydrogens is 130 g/mol. The fourth-order valence-corrected chi connectivity index (χ4v) is 0.683. The molecule has 1 amide bonds. The van der Waals surface area contributed by atoms with Crippen LogP contribution < -0.4 is 5.32 Å². The SMILES string of the molecule is CC(C)CC(=O)CNC=O. The molecule has 0 unspecified atom stereocenters. The van der Waals surface area contributed by atoms with Crippen molar-refractivity contribution >= 4 is 12.2 Å². The van der Waals surface area contributed by atoms with E-state index in [0.717, 1.165) is 0 Å². The predicted molar refractivity (Wildman–Crippen MR) is 38.5 cm³/mol. The van der Waals surface area contributed by atoms with Gasteiger partial charge in [0.1, 0.15) is 0 Å². The van der Waals surface area contributed by atoms with Gasteiger partial charge in [0, 0.05) is 6.42 Å². The van der Waals surface area contributed by atoms with Crippen molar-refractivity contribution in [3.63, 3.8) is 0 Å². The lowest BCUT2D eigenvalue weighted by Crippen LogP contribution is -2.22. The molecule has 0 rings (SSSR count). The number of carbonyl (C=O) groups excluding carboxylic acids is 2. The fraction of sp³-hybridized carbons (Fsp3) is 0.714. The zero-order chi connectivity index (χ0) is 7.98. The van der Waals surface area contributed by atoms with Gasteiger partial charge in [0.25, 0.3) is 0 Å². The maximum Gasteiger partial charge on any atom is 0.207 e. The summed E-state index contributed by atoms with van der Waals surface area (Å²) in [6.45, 7) is 4.11. The van der Waals surface area contributed by atoms with Gasteiger partial charge in [0.15, 0.2) is 5.78 Å². The Hall–Kier alpha value is -0.860. The predicted octanol–water partition coefficient (Wildman–Crippen LogP) is 0.348. The Morgan fingerprint density at radius 2 is 2.20 bits per heavy atom. The zero-order valence-electron chi connectivity index (χ0n) is 6.39. The van der Waals surface area contributed by atoms with Gasteiger partial charge < -0.3 is 5.32 Å². The molecule has 0 spiro atoms. The number of nitrogens with one attached hydrogen (secondary N) is 1. The van der Waals surface area contributed by atoms with Gasteiger partial charge in [-0.25, -0.2) is 0 Å². The highest BCUT2D eigenvalue weighted by Crippen LogP contribution is 1.98. The first-order valence-electron chi connectivity index (χ1n) is 3.35. The topological polar surface area (TPSA) is 46.2 Å². The summed E-state index contributed by atoms with van der Waals surface area (Å²) in [5.74, 6) is 0.461. The summed E-state index contributed by atoms with van der Waals surface area (Å²) in [6, 6.07) is 0. The number of ketones is 1. The van der Waals surface area contributed by atoms with Gasteiger partial charge in [-0.3, -0.25) is 9.59 Å². The van der Waals surface area contributed by atoms with Gasteiger partial charge >= 0.3 is 0 Å². The molecular formula is C7H13NO2. The molecule has 0 radical (unpaired) electrons. The molecule has 0 aromatic carbocycles. The molecule has 0 bridgehead atoms. The molecule has 0 saturated carbocycles. The van der Waals surface area contributed by atoms with E-state index >= 15 is 0 Å². The zero-order valence-corrected chi connectivity index (χ0v) is 6.39. The third-order valence-electron chi connectivity index (χ3n) is 1.02. The highest BCUT2D eigenvalue weighted by Gasteiger charge is 2.02. The summed E-state index contributed by atoms with van der Waals surface area (Å²) < 4.78 is 0. The molecule has 0 aromatic heterocycles. The third-order valence-corrected chi connectivity index (χ3v) is 1.02. The minimum Gasteiger partial charge on any atom is -0.352 e. The van der Waals surface area contributed by atoms with Crippen molar-refractivity contribution in [3.05, 3.63) is 0 Å². The molecule has 3 heteroatoms. The van der Waals surface area contributed by atoms with Gasteiger partial charge in [-0.15, -0.1) is 0 Å². The van der Waals surface area contributed by atoms with Crippen LogP contribution in [0.5, 0.6) is 0 Å². The second-order valence-electron chi connectivity index (χ2n) is 2.64. The summed E-state index contributed by atoms with van der Waals surface area (Å²) in [4.78, 5) is 20.5. The van der Waals surface area contributed by atoms with Gasteiger partial charge in [0.05, 0.1) is 6.54 Å². The van der Waals surface area contributed by atoms with Crippen molar-refractivity contribution in [2.24, 2.45) is 5.92 Å². The van der Waals surface area contributed by atoms with Crippen LogP contribution in [-0.4, -0.2) is 18.7 Å². The molecule has 0 atom stereocenters. The van der Waals surface area contributed by atoms with E-state index in [1.807, 2.05) is 13.8 Å². The lowest BCUT2D eigenvalue weighted by Gasteiger charge is -2.01. The second kappa shape index (κ2) is 4.97. The molecule has 0 aliphatic rings. The second-order valence-corrected chi connectivity index (χ2v) is 2.64. The minimum atomic E-state index is 0.0853. The van der Waals surface area contributed by atoms with E-state index < -0.39 is 0 Å². The quantitative estimate of drug-likeness (QED) is 0.564. The van der Waals surface area contributed by atoms with Crippen molar-refractivity contribution in [1.82, 2.24) is 5.32 Å². The van der Waals surface area contributed by atoms with Gasteiger partial charge in [-0.2, -0.15) is 0 Å². The lowest BCUT2D eigenvalue weighted by atomic mass is 10.1. The number of hydrogen-bond acceptors (Lipinski definition) is 2. The van der Waals surface area contributed by atoms with Crippen LogP contribution in [0.3, 0.4) is 0 Å². The van der Waals surface area contributed by atoms with Crippen molar-refractivity contribution in [3.8, 4) is 0 Å². The van der Waals surface area contributed by atoms with Crippen LogP contribution in [0.4, 0.5) is 0 Å². The van der Waals surface area contributed by atoms with E-state index in [1.165, 1.54) is 0 Å². The first-order valence-corrected chi connectivity index (χ1v) is 3.35. The molecule has 0 fully saturated rings. The Morgan fingerprint density at radius 1 is 1.60 bits per heavy atom. The molecule has 0 aliphatic heterocycles. The van der Waals surface area contributed by atoms with Gasteiger partial charge in [-0.1, -0.05) is 13.8 Å². The van der Waals surface area contributed by atoms with E-state index in [9.17, 15) is 9.59 Å². The molecule has 0 aromatic rings. The van der Waals surface area contributed by atoms with E-state index in [-0.39, 0.29) is 12.3 Å². The average molecular weight is 143 g/mol. The molecule has 0 heterocycles. The third kappa shape index (κ3) is 5.28. The van der Waals surface area contributed by atoms with Crippen LogP contribution in [0.2, 0.25) is 0 Å². The van der Waals surface area contributed by atoms with E-state index in [2.05, 4.69) is 5.32 Å². The van der Waals surface area contributed by atoms with Crippen LogP contribution in [0.15, 0.2) is 0 Å². The Labute approximate surface area is 60.8 Å². The molecule has 10 heavy (non-hydrogen) atoms. The van der Waals surface area contributed by atoms with Gasteiger partial charge in [-0.05, 0) is 5.92 Å². The Morgan fingerprint density at radius 3 is 2.60 bits per heavy atom. The summed E-state index contributed by atoms with van der Waals surface area (Å²) in [7, 11) is 0. The highest BCUT2D eigenvalue weighted by molar-refractivity contribution is 5.82. The molecule has 0 aliphatic carbocycles. The lowest BCUT2D eigenvalue weighted by molar-refractivity contribution is -0.120. The molecule has 58 valence electrons. The normalized spacial score (nSPS) is 9.50. The summed E-state index contributed by atoms with van der Waals surface area (Å²) >= 11 is 0. The largest absolute Gasteiger partial charge is 0.352 e. The monoisotopic (exact) mass is 143 g/mol. The van der Waals surface area contributed by atoms with Crippen molar-refractivity contribution < 1.29 is 9.59 Å². The molecule has 0 saturated heterocycles. The smallest absolute Gasteiger partial charge is 0.207 e. The van der Waals surface area contributed by atoms with E-state index in [0.29, 0.717) is 18.7 Å². The molecule has 1 N–H and O–H groups in total. The number of carbonyl (C=O) groups is 2. The summed E-state index contributed by atoms with van der Waals surface area (Å²) in [5, 5.41) is 2.32. The van der Waals surface area contributed by atoms with Crippen molar-refractivity contribution in [2.45, 2.75) is 20.3 Å². The van der Waals surface area contributed by atoms with Gasteiger partial charge in [0.2, 0.25) is 6.41 Å². The number of rotatable bonds is 5. The van der Waals surface area contributed by atoms with Crippen LogP contribution in [-0.2, 0) is 9.59 Å². The average Bonchev–Trinajstić information content (AvgIpc) is 1.82. The Kier molecular flexibility index (Phi) is 4.54. The Balaban J connectivity index is 3.34. The first kappa shape index (κ1) is 9.14. The highest BCUT2D eigenvalue weighted by atomic mass is 16.1. The van der Waals surface area contributed by atoms with Crippen LogP contribution >= 0.6 is 0 Å². The standard InChI is InChI=1S/C7H13NO2/c1-6(2)3-7(10)4-8-5-9/h5-6H,3-4H2,1-2H3,(H,8,9). The Bertz CT molecular complexity index is 121. The first-order chi connectivity index (χ1) is 4.66. The maximum absolute atomic E-state index is 10.8. The van der Waals surface area contributed by atoms with Crippen molar-refractivity contribution in [1.29, 1.82) is 0 Å². The number of hydrogen-bond donors (Lipinski definition) is 1. The van der Waals surface area contributed by atoms with Crippen LogP contribution in [0, 0.1) is 5.92 Å². The van der Waals surface area contributed by atoms with Crippen molar-refractivity contribution in [2.75, 3.05) is 6.54 Å². The molecule has 3 nitrogen and oxygen atoms in total. The minimum absolute atomic E-state index is 0.0853. The number of amides is 1.